The predicted octanol–water partition coefficient (Wildman–Crippen LogP) is 3.51. The molecule has 8 nitrogen and oxygen atoms in total. The topological polar surface area (TPSA) is 102 Å². The molecule has 1 fully saturated rings. The van der Waals surface area contributed by atoms with Gasteiger partial charge in [-0.3, -0.25) is 19.7 Å². The Balaban J connectivity index is 1.44. The molecule has 0 atom stereocenters. The van der Waals surface area contributed by atoms with E-state index >= 15 is 0 Å². The molecular weight excluding hydrogens is 410 g/mol. The number of hydrogen-bond acceptors (Lipinski definition) is 5. The zero-order valence-corrected chi connectivity index (χ0v) is 18.5. The van der Waals surface area contributed by atoms with Crippen LogP contribution in [0.1, 0.15) is 40.7 Å². The van der Waals surface area contributed by atoms with Gasteiger partial charge in [-0.2, -0.15) is 0 Å². The van der Waals surface area contributed by atoms with Gasteiger partial charge >= 0.3 is 5.69 Å². The second-order valence-corrected chi connectivity index (χ2v) is 8.17. The number of ether oxygens (including phenoxy) is 1. The van der Waals surface area contributed by atoms with Crippen LogP contribution in [0.4, 0.5) is 5.69 Å². The van der Waals surface area contributed by atoms with Gasteiger partial charge in [0.15, 0.2) is 5.75 Å². The fraction of sp³-hybridized carbons (Fsp3) is 0.417. The van der Waals surface area contributed by atoms with Gasteiger partial charge < -0.3 is 15.0 Å². The van der Waals surface area contributed by atoms with E-state index in [0.29, 0.717) is 19.0 Å². The zero-order valence-electron chi connectivity index (χ0n) is 18.5. The number of hydrogen-bond donors (Lipinski definition) is 1. The van der Waals surface area contributed by atoms with Gasteiger partial charge in [-0.15, -0.1) is 0 Å². The highest BCUT2D eigenvalue weighted by Gasteiger charge is 2.23. The average molecular weight is 440 g/mol. The van der Waals surface area contributed by atoms with Crippen molar-refractivity contribution in [3.8, 4) is 5.75 Å². The standard InChI is InChI=1S/C24H29N3O5/c1-17-3-5-18(6-4-17)7-8-19-11-13-26(14-12-19)23(28)16-25-24(29)20-9-10-22(32-2)21(15-20)27(30)31/h3-6,9-10,15,19H,7-8,11-14,16H2,1-2H3,(H,25,29). The fourth-order valence-electron chi connectivity index (χ4n) is 3.94. The summed E-state index contributed by atoms with van der Waals surface area (Å²) in [7, 11) is 1.33. The lowest BCUT2D eigenvalue weighted by atomic mass is 9.90. The molecule has 1 aliphatic rings. The average Bonchev–Trinajstić information content (AvgIpc) is 2.81. The second-order valence-electron chi connectivity index (χ2n) is 8.17. The van der Waals surface area contributed by atoms with E-state index in [1.165, 1.54) is 30.4 Å². The minimum Gasteiger partial charge on any atom is -0.490 e. The third kappa shape index (κ3) is 6.06. The van der Waals surface area contributed by atoms with E-state index in [1.807, 2.05) is 0 Å². The third-order valence-electron chi connectivity index (χ3n) is 5.97. The summed E-state index contributed by atoms with van der Waals surface area (Å²) in [5.41, 5.74) is 2.42. The number of nitrogens with zero attached hydrogens (tertiary/aromatic N) is 2. The molecule has 0 aromatic heterocycles. The van der Waals surface area contributed by atoms with Crippen molar-refractivity contribution in [3.05, 3.63) is 69.3 Å². The molecule has 0 saturated carbocycles. The molecule has 0 unspecified atom stereocenters. The van der Waals surface area contributed by atoms with Gasteiger partial charge in [0, 0.05) is 24.7 Å². The van der Waals surface area contributed by atoms with Crippen molar-refractivity contribution in [3.63, 3.8) is 0 Å². The fourth-order valence-corrected chi connectivity index (χ4v) is 3.94. The molecular formula is C24H29N3O5. The monoisotopic (exact) mass is 439 g/mol. The van der Waals surface area contributed by atoms with E-state index in [9.17, 15) is 19.7 Å². The summed E-state index contributed by atoms with van der Waals surface area (Å²) in [5.74, 6) is -0.00176. The Kier molecular flexibility index (Phi) is 7.81. The first kappa shape index (κ1) is 23.2. The van der Waals surface area contributed by atoms with Crippen LogP contribution in [-0.4, -0.2) is 48.4 Å². The Morgan fingerprint density at radius 3 is 2.47 bits per heavy atom. The van der Waals surface area contributed by atoms with E-state index in [0.717, 1.165) is 31.7 Å². The lowest BCUT2D eigenvalue weighted by Gasteiger charge is -2.32. The number of carbonyl (C=O) groups excluding carboxylic acids is 2. The molecule has 0 spiro atoms. The van der Waals surface area contributed by atoms with Crippen LogP contribution in [0.3, 0.4) is 0 Å². The van der Waals surface area contributed by atoms with E-state index < -0.39 is 10.8 Å². The van der Waals surface area contributed by atoms with Crippen molar-refractivity contribution in [1.82, 2.24) is 10.2 Å². The molecule has 32 heavy (non-hydrogen) atoms. The van der Waals surface area contributed by atoms with Crippen LogP contribution < -0.4 is 10.1 Å². The number of amides is 2. The zero-order chi connectivity index (χ0) is 23.1. The number of nitrogens with one attached hydrogen (secondary N) is 1. The molecule has 1 aliphatic heterocycles. The van der Waals surface area contributed by atoms with Gasteiger partial charge in [0.25, 0.3) is 5.91 Å². The van der Waals surface area contributed by atoms with Gasteiger partial charge in [-0.25, -0.2) is 0 Å². The molecule has 1 saturated heterocycles. The number of aryl methyl sites for hydroxylation is 2. The van der Waals surface area contributed by atoms with E-state index in [1.54, 1.807) is 4.90 Å². The van der Waals surface area contributed by atoms with Gasteiger partial charge in [0.05, 0.1) is 18.6 Å². The van der Waals surface area contributed by atoms with Crippen LogP contribution >= 0.6 is 0 Å². The molecule has 0 aliphatic carbocycles. The van der Waals surface area contributed by atoms with Gasteiger partial charge in [0.2, 0.25) is 5.91 Å². The second kappa shape index (κ2) is 10.7. The van der Waals surface area contributed by atoms with Crippen LogP contribution in [0.2, 0.25) is 0 Å². The summed E-state index contributed by atoms with van der Waals surface area (Å²) in [5, 5.41) is 13.7. The maximum atomic E-state index is 12.5. The van der Waals surface area contributed by atoms with Crippen molar-refractivity contribution in [2.75, 3.05) is 26.7 Å². The van der Waals surface area contributed by atoms with Crippen molar-refractivity contribution in [1.29, 1.82) is 0 Å². The van der Waals surface area contributed by atoms with Crippen molar-refractivity contribution in [2.45, 2.75) is 32.6 Å². The summed E-state index contributed by atoms with van der Waals surface area (Å²) < 4.78 is 4.94. The van der Waals surface area contributed by atoms with E-state index in [4.69, 9.17) is 4.74 Å². The van der Waals surface area contributed by atoms with Crippen LogP contribution in [0.15, 0.2) is 42.5 Å². The number of carbonyl (C=O) groups is 2. The number of rotatable bonds is 8. The van der Waals surface area contributed by atoms with E-state index in [-0.39, 0.29) is 29.5 Å². The van der Waals surface area contributed by atoms with Crippen LogP contribution in [0.5, 0.6) is 5.75 Å². The predicted molar refractivity (Wildman–Crippen MR) is 121 cm³/mol. The number of benzene rings is 2. The molecule has 1 N–H and O–H groups in total. The molecule has 0 bridgehead atoms. The Bertz CT molecular complexity index is 966. The number of likely N-dealkylation sites (tertiary alicyclic amines) is 1. The maximum Gasteiger partial charge on any atom is 0.311 e. The normalized spacial score (nSPS) is 14.1. The number of nitro benzene ring substituents is 1. The number of methoxy groups -OCH3 is 1. The first-order chi connectivity index (χ1) is 15.4. The van der Waals surface area contributed by atoms with Crippen molar-refractivity contribution in [2.24, 2.45) is 5.92 Å². The number of nitro groups is 1. The minimum atomic E-state index is -0.607. The first-order valence-corrected chi connectivity index (χ1v) is 10.8. The highest BCUT2D eigenvalue weighted by atomic mass is 16.6. The summed E-state index contributed by atoms with van der Waals surface area (Å²) in [6.07, 6.45) is 4.06. The smallest absolute Gasteiger partial charge is 0.311 e. The summed E-state index contributed by atoms with van der Waals surface area (Å²) in [6.45, 7) is 3.31. The molecule has 8 heteroatoms. The number of piperidine rings is 1. The van der Waals surface area contributed by atoms with Crippen molar-refractivity contribution < 1.29 is 19.2 Å². The van der Waals surface area contributed by atoms with Crippen LogP contribution in [0, 0.1) is 23.0 Å². The highest BCUT2D eigenvalue weighted by Crippen LogP contribution is 2.27. The Labute approximate surface area is 187 Å². The maximum absolute atomic E-state index is 12.5. The van der Waals surface area contributed by atoms with Gasteiger partial charge in [0.1, 0.15) is 0 Å². The molecule has 2 aromatic rings. The molecule has 2 aromatic carbocycles. The molecule has 0 radical (unpaired) electrons. The first-order valence-electron chi connectivity index (χ1n) is 10.8. The van der Waals surface area contributed by atoms with Crippen LogP contribution in [-0.2, 0) is 11.2 Å². The largest absolute Gasteiger partial charge is 0.490 e. The third-order valence-corrected chi connectivity index (χ3v) is 5.97. The Hall–Kier alpha value is -3.42. The lowest BCUT2D eigenvalue weighted by Crippen LogP contribution is -2.44. The van der Waals surface area contributed by atoms with E-state index in [2.05, 4.69) is 36.5 Å². The summed E-state index contributed by atoms with van der Waals surface area (Å²) in [4.78, 5) is 37.2. The Morgan fingerprint density at radius 2 is 1.84 bits per heavy atom. The lowest BCUT2D eigenvalue weighted by molar-refractivity contribution is -0.385. The SMILES string of the molecule is COc1ccc(C(=O)NCC(=O)N2CCC(CCc3ccc(C)cc3)CC2)cc1[N+](=O)[O-]. The summed E-state index contributed by atoms with van der Waals surface area (Å²) >= 11 is 0. The van der Waals surface area contributed by atoms with Crippen LogP contribution in [0.25, 0.3) is 0 Å². The van der Waals surface area contributed by atoms with Gasteiger partial charge in [-0.05, 0) is 56.2 Å². The molecule has 2 amide bonds. The van der Waals surface area contributed by atoms with Crippen molar-refractivity contribution >= 4 is 17.5 Å². The molecule has 3 rings (SSSR count). The highest BCUT2D eigenvalue weighted by molar-refractivity contribution is 5.97. The summed E-state index contributed by atoms with van der Waals surface area (Å²) in [6, 6.07) is 12.6. The quantitative estimate of drug-likeness (QED) is 0.501. The molecule has 170 valence electrons. The van der Waals surface area contributed by atoms with Gasteiger partial charge in [-0.1, -0.05) is 29.8 Å². The Morgan fingerprint density at radius 1 is 1.16 bits per heavy atom. The minimum absolute atomic E-state index is 0.0767. The molecule has 1 heterocycles.